The second-order valence-corrected chi connectivity index (χ2v) is 8.57. The molecule has 0 spiro atoms. The molecule has 5 rings (SSSR count). The van der Waals surface area contributed by atoms with Gasteiger partial charge in [0, 0.05) is 36.9 Å². The summed E-state index contributed by atoms with van der Waals surface area (Å²) in [6.45, 7) is 2.41. The second kappa shape index (κ2) is 8.83. The molecule has 0 radical (unpaired) electrons. The molecule has 0 saturated carbocycles. The van der Waals surface area contributed by atoms with Crippen molar-refractivity contribution in [2.45, 2.75) is 0 Å². The average Bonchev–Trinajstić information content (AvgIpc) is 3.13. The van der Waals surface area contributed by atoms with Crippen LogP contribution >= 0.6 is 11.6 Å². The smallest absolute Gasteiger partial charge is 0.266 e. The first-order valence-corrected chi connectivity index (χ1v) is 11.3. The number of hydrogen-bond donors (Lipinski definition) is 0. The molecule has 2 aliphatic heterocycles. The fourth-order valence-corrected chi connectivity index (χ4v) is 4.59. The number of methoxy groups -OCH3 is 1. The van der Waals surface area contributed by atoms with Gasteiger partial charge in [-0.05, 0) is 54.6 Å². The summed E-state index contributed by atoms with van der Waals surface area (Å²) in [6, 6.07) is 19.2. The van der Waals surface area contributed by atoms with Crippen molar-refractivity contribution < 1.29 is 19.1 Å². The highest BCUT2D eigenvalue weighted by Crippen LogP contribution is 2.30. The number of ether oxygens (including phenoxy) is 1. The molecule has 0 atom stereocenters. The number of hydrogen-bond acceptors (Lipinski definition) is 5. The number of fused-ring (bicyclic) bond motifs is 1. The lowest BCUT2D eigenvalue weighted by molar-refractivity contribution is 0.0743. The van der Waals surface area contributed by atoms with E-state index in [4.69, 9.17) is 16.3 Å². The summed E-state index contributed by atoms with van der Waals surface area (Å²) >= 11 is 6.08. The van der Waals surface area contributed by atoms with Crippen LogP contribution in [0.5, 0.6) is 5.75 Å². The number of rotatable bonds is 4. The van der Waals surface area contributed by atoms with Crippen LogP contribution in [0.2, 0.25) is 5.02 Å². The van der Waals surface area contributed by atoms with Gasteiger partial charge in [-0.25, -0.2) is 4.90 Å². The number of amides is 3. The van der Waals surface area contributed by atoms with Gasteiger partial charge < -0.3 is 14.5 Å². The van der Waals surface area contributed by atoms with Crippen LogP contribution in [-0.4, -0.2) is 55.9 Å². The molecule has 0 bridgehead atoms. The lowest BCUT2D eigenvalue weighted by Gasteiger charge is -2.36. The van der Waals surface area contributed by atoms with E-state index in [1.54, 1.807) is 59.5 Å². The minimum absolute atomic E-state index is 0.111. The normalized spacial score (nSPS) is 15.5. The fourth-order valence-electron chi connectivity index (χ4n) is 4.42. The third-order valence-electron chi connectivity index (χ3n) is 6.23. The highest BCUT2D eigenvalue weighted by atomic mass is 35.5. The Morgan fingerprint density at radius 2 is 1.41 bits per heavy atom. The highest BCUT2D eigenvalue weighted by molar-refractivity contribution is 6.34. The van der Waals surface area contributed by atoms with Crippen molar-refractivity contribution in [1.29, 1.82) is 0 Å². The molecule has 34 heavy (non-hydrogen) atoms. The molecule has 3 aromatic carbocycles. The molecule has 0 N–H and O–H groups in total. The summed E-state index contributed by atoms with van der Waals surface area (Å²) in [4.78, 5) is 43.6. The van der Waals surface area contributed by atoms with E-state index >= 15 is 0 Å². The van der Waals surface area contributed by atoms with Crippen LogP contribution < -0.4 is 14.5 Å². The third kappa shape index (κ3) is 3.78. The molecule has 1 fully saturated rings. The van der Waals surface area contributed by atoms with E-state index in [2.05, 4.69) is 4.90 Å². The van der Waals surface area contributed by atoms with E-state index in [0.29, 0.717) is 59.3 Å². The predicted octanol–water partition coefficient (Wildman–Crippen LogP) is 4.11. The van der Waals surface area contributed by atoms with Gasteiger partial charge in [0.1, 0.15) is 5.75 Å². The van der Waals surface area contributed by atoms with Gasteiger partial charge in [-0.15, -0.1) is 0 Å². The lowest BCUT2D eigenvalue weighted by atomic mass is 10.1. The Morgan fingerprint density at radius 1 is 0.824 bits per heavy atom. The molecule has 8 heteroatoms. The van der Waals surface area contributed by atoms with E-state index in [1.165, 1.54) is 12.0 Å². The molecule has 0 aliphatic carbocycles. The van der Waals surface area contributed by atoms with E-state index in [0.717, 1.165) is 5.69 Å². The maximum absolute atomic E-state index is 13.0. The number of carbonyl (C=O) groups is 3. The van der Waals surface area contributed by atoms with Gasteiger partial charge in [0.2, 0.25) is 0 Å². The summed E-state index contributed by atoms with van der Waals surface area (Å²) in [6.07, 6.45) is 0. The number of halogens is 1. The first-order valence-electron chi connectivity index (χ1n) is 10.9. The minimum Gasteiger partial charge on any atom is -0.496 e. The molecule has 3 aromatic rings. The number of piperazine rings is 1. The highest BCUT2D eigenvalue weighted by Gasteiger charge is 2.36. The van der Waals surface area contributed by atoms with Gasteiger partial charge in [0.15, 0.2) is 0 Å². The SMILES string of the molecule is COc1ccc(Cl)cc1C(=O)N1CCN(c2ccc(N3C(=O)c4ccccc4C3=O)cc2)CC1. The van der Waals surface area contributed by atoms with Crippen LogP contribution in [0.1, 0.15) is 31.1 Å². The quantitative estimate of drug-likeness (QED) is 0.531. The summed E-state index contributed by atoms with van der Waals surface area (Å²) < 4.78 is 5.32. The van der Waals surface area contributed by atoms with E-state index in [-0.39, 0.29) is 17.7 Å². The van der Waals surface area contributed by atoms with Gasteiger partial charge in [-0.1, -0.05) is 23.7 Å². The van der Waals surface area contributed by atoms with Crippen molar-refractivity contribution in [2.75, 3.05) is 43.1 Å². The van der Waals surface area contributed by atoms with Crippen molar-refractivity contribution in [1.82, 2.24) is 4.90 Å². The van der Waals surface area contributed by atoms with Gasteiger partial charge in [-0.3, -0.25) is 14.4 Å². The molecule has 3 amide bonds. The standard InChI is InChI=1S/C26H22ClN3O4/c1-34-23-11-6-17(27)16-22(23)24(31)29-14-12-28(13-15-29)18-7-9-19(10-8-18)30-25(32)20-4-2-3-5-21(20)26(30)33/h2-11,16H,12-15H2,1H3. The minimum atomic E-state index is -0.308. The van der Waals surface area contributed by atoms with Crippen molar-refractivity contribution in [3.05, 3.63) is 88.4 Å². The Labute approximate surface area is 202 Å². The molecule has 7 nitrogen and oxygen atoms in total. The van der Waals surface area contributed by atoms with E-state index < -0.39 is 0 Å². The number of imide groups is 1. The Hall–Kier alpha value is -3.84. The van der Waals surface area contributed by atoms with Crippen LogP contribution in [-0.2, 0) is 0 Å². The lowest BCUT2D eigenvalue weighted by Crippen LogP contribution is -2.48. The largest absolute Gasteiger partial charge is 0.496 e. The zero-order chi connectivity index (χ0) is 23.8. The van der Waals surface area contributed by atoms with Crippen LogP contribution in [0.4, 0.5) is 11.4 Å². The van der Waals surface area contributed by atoms with E-state index in [9.17, 15) is 14.4 Å². The van der Waals surface area contributed by atoms with Crippen LogP contribution in [0.15, 0.2) is 66.7 Å². The van der Waals surface area contributed by atoms with Crippen molar-refractivity contribution in [3.8, 4) is 5.75 Å². The van der Waals surface area contributed by atoms with Crippen molar-refractivity contribution in [3.63, 3.8) is 0 Å². The summed E-state index contributed by atoms with van der Waals surface area (Å²) in [5.74, 6) is -0.227. The second-order valence-electron chi connectivity index (χ2n) is 8.13. The first-order chi connectivity index (χ1) is 16.5. The van der Waals surface area contributed by atoms with E-state index in [1.807, 2.05) is 12.1 Å². The predicted molar refractivity (Wildman–Crippen MR) is 130 cm³/mol. The van der Waals surface area contributed by atoms with Crippen LogP contribution in [0.3, 0.4) is 0 Å². The zero-order valence-corrected chi connectivity index (χ0v) is 19.3. The number of nitrogens with zero attached hydrogens (tertiary/aromatic N) is 3. The maximum Gasteiger partial charge on any atom is 0.266 e. The Morgan fingerprint density at radius 3 is 2.00 bits per heavy atom. The molecular formula is C26H22ClN3O4. The molecule has 0 aromatic heterocycles. The molecular weight excluding hydrogens is 454 g/mol. The Balaban J connectivity index is 1.26. The Bertz CT molecular complexity index is 1250. The summed E-state index contributed by atoms with van der Waals surface area (Å²) in [5, 5.41) is 0.487. The summed E-state index contributed by atoms with van der Waals surface area (Å²) in [7, 11) is 1.53. The first kappa shape index (κ1) is 22.0. The third-order valence-corrected chi connectivity index (χ3v) is 6.46. The topological polar surface area (TPSA) is 70.2 Å². The molecule has 172 valence electrons. The van der Waals surface area contributed by atoms with Crippen molar-refractivity contribution >= 4 is 40.7 Å². The Kier molecular flexibility index (Phi) is 5.71. The molecule has 2 heterocycles. The number of carbonyl (C=O) groups excluding carboxylic acids is 3. The summed E-state index contributed by atoms with van der Waals surface area (Å²) in [5.41, 5.74) is 2.81. The fraction of sp³-hybridized carbons (Fsp3) is 0.192. The average molecular weight is 476 g/mol. The van der Waals surface area contributed by atoms with Crippen LogP contribution in [0, 0.1) is 0 Å². The molecule has 2 aliphatic rings. The number of benzene rings is 3. The van der Waals surface area contributed by atoms with Gasteiger partial charge in [-0.2, -0.15) is 0 Å². The monoisotopic (exact) mass is 475 g/mol. The maximum atomic E-state index is 13.0. The number of anilines is 2. The zero-order valence-electron chi connectivity index (χ0n) is 18.5. The van der Waals surface area contributed by atoms with Crippen LogP contribution in [0.25, 0.3) is 0 Å². The molecule has 0 unspecified atom stereocenters. The van der Waals surface area contributed by atoms with Gasteiger partial charge >= 0.3 is 0 Å². The van der Waals surface area contributed by atoms with Crippen molar-refractivity contribution in [2.24, 2.45) is 0 Å². The van der Waals surface area contributed by atoms with Gasteiger partial charge in [0.05, 0.1) is 29.5 Å². The van der Waals surface area contributed by atoms with Gasteiger partial charge in [0.25, 0.3) is 17.7 Å². The molecule has 1 saturated heterocycles.